The van der Waals surface area contributed by atoms with Gasteiger partial charge < -0.3 is 14.8 Å². The number of benzene rings is 2. The Morgan fingerprint density at radius 2 is 1.31 bits per heavy atom. The molecule has 198 valence electrons. The predicted molar refractivity (Wildman–Crippen MR) is 149 cm³/mol. The monoisotopic (exact) mass is 493 g/mol. The molecule has 4 nitrogen and oxygen atoms in total. The van der Waals surface area contributed by atoms with Crippen molar-refractivity contribution in [1.82, 2.24) is 5.32 Å². The van der Waals surface area contributed by atoms with Crippen LogP contribution in [0.1, 0.15) is 97.4 Å². The second kappa shape index (κ2) is 11.0. The van der Waals surface area contributed by atoms with E-state index in [9.17, 15) is 4.79 Å². The van der Waals surface area contributed by atoms with Gasteiger partial charge in [0.2, 0.25) is 0 Å². The van der Waals surface area contributed by atoms with Gasteiger partial charge in [0.25, 0.3) is 0 Å². The average Bonchev–Trinajstić information content (AvgIpc) is 3.27. The second-order valence-corrected chi connectivity index (χ2v) is 12.9. The molecule has 0 aliphatic carbocycles. The molecule has 0 saturated carbocycles. The highest BCUT2D eigenvalue weighted by atomic mass is 16.7. The number of carbonyl (C=O) groups excluding carboxylic acids is 1. The minimum absolute atomic E-state index is 0.0999. The van der Waals surface area contributed by atoms with E-state index in [1.165, 1.54) is 22.3 Å². The lowest BCUT2D eigenvalue weighted by Crippen LogP contribution is -2.46. The SMILES string of the molecule is CCC(c1ccc(C(C)(C)C)cc1)(c1ccc(C(C)(C)C)cc1)C1CC(OC(=O)OCC(C)C)CN1. The molecule has 2 atom stereocenters. The van der Waals surface area contributed by atoms with Crippen LogP contribution in [0.4, 0.5) is 4.79 Å². The number of nitrogens with one attached hydrogen (secondary N) is 1. The number of rotatable bonds is 7. The molecular weight excluding hydrogens is 446 g/mol. The van der Waals surface area contributed by atoms with Crippen LogP contribution in [-0.4, -0.2) is 31.5 Å². The third-order valence-corrected chi connectivity index (χ3v) is 7.57. The van der Waals surface area contributed by atoms with Gasteiger partial charge in [-0.05, 0) is 45.4 Å². The Balaban J connectivity index is 1.97. The van der Waals surface area contributed by atoms with Gasteiger partial charge in [-0.1, -0.05) is 111 Å². The predicted octanol–water partition coefficient (Wildman–Crippen LogP) is 7.52. The van der Waals surface area contributed by atoms with Gasteiger partial charge >= 0.3 is 6.16 Å². The van der Waals surface area contributed by atoms with E-state index < -0.39 is 6.16 Å². The van der Waals surface area contributed by atoms with Crippen LogP contribution < -0.4 is 5.32 Å². The molecular formula is C32H47NO3. The summed E-state index contributed by atoms with van der Waals surface area (Å²) in [6.07, 6.45) is 0.900. The van der Waals surface area contributed by atoms with E-state index in [-0.39, 0.29) is 34.3 Å². The lowest BCUT2D eigenvalue weighted by atomic mass is 9.66. The Labute approximate surface area is 219 Å². The molecule has 0 bridgehead atoms. The Hall–Kier alpha value is -2.33. The minimum Gasteiger partial charge on any atom is -0.434 e. The van der Waals surface area contributed by atoms with Crippen molar-refractivity contribution in [3.63, 3.8) is 0 Å². The zero-order chi connectivity index (χ0) is 26.7. The highest BCUT2D eigenvalue weighted by Gasteiger charge is 2.45. The first kappa shape index (κ1) is 28.2. The van der Waals surface area contributed by atoms with E-state index in [0.717, 1.165) is 12.8 Å². The van der Waals surface area contributed by atoms with Crippen molar-refractivity contribution in [2.24, 2.45) is 5.92 Å². The van der Waals surface area contributed by atoms with Crippen LogP contribution in [0.15, 0.2) is 48.5 Å². The van der Waals surface area contributed by atoms with Crippen molar-refractivity contribution < 1.29 is 14.3 Å². The van der Waals surface area contributed by atoms with Gasteiger partial charge in [-0.15, -0.1) is 0 Å². The quantitative estimate of drug-likeness (QED) is 0.405. The Bertz CT molecular complexity index is 936. The highest BCUT2D eigenvalue weighted by Crippen LogP contribution is 2.43. The van der Waals surface area contributed by atoms with Gasteiger partial charge in [0.05, 0.1) is 6.61 Å². The molecule has 1 N–H and O–H groups in total. The molecule has 0 aromatic heterocycles. The maximum absolute atomic E-state index is 12.3. The van der Waals surface area contributed by atoms with Crippen LogP contribution in [0.2, 0.25) is 0 Å². The minimum atomic E-state index is -0.567. The third kappa shape index (κ3) is 6.32. The van der Waals surface area contributed by atoms with Crippen LogP contribution in [0.3, 0.4) is 0 Å². The lowest BCUT2D eigenvalue weighted by Gasteiger charge is -2.40. The molecule has 1 heterocycles. The Morgan fingerprint density at radius 3 is 1.69 bits per heavy atom. The van der Waals surface area contributed by atoms with Crippen molar-refractivity contribution in [3.05, 3.63) is 70.8 Å². The molecule has 2 aromatic rings. The molecule has 4 heteroatoms. The molecule has 36 heavy (non-hydrogen) atoms. The van der Waals surface area contributed by atoms with Gasteiger partial charge in [0.15, 0.2) is 0 Å². The van der Waals surface area contributed by atoms with Crippen LogP contribution in [0.25, 0.3) is 0 Å². The molecule has 1 aliphatic heterocycles. The van der Waals surface area contributed by atoms with E-state index in [1.807, 2.05) is 13.8 Å². The summed E-state index contributed by atoms with van der Waals surface area (Å²) < 4.78 is 11.0. The van der Waals surface area contributed by atoms with Crippen molar-refractivity contribution in [3.8, 4) is 0 Å². The van der Waals surface area contributed by atoms with Gasteiger partial charge in [-0.25, -0.2) is 4.79 Å². The first-order valence-electron chi connectivity index (χ1n) is 13.6. The summed E-state index contributed by atoms with van der Waals surface area (Å²) in [6, 6.07) is 18.4. The van der Waals surface area contributed by atoms with Crippen molar-refractivity contribution in [2.75, 3.05) is 13.2 Å². The van der Waals surface area contributed by atoms with Gasteiger partial charge in [-0.3, -0.25) is 0 Å². The van der Waals surface area contributed by atoms with Crippen LogP contribution >= 0.6 is 0 Å². The van der Waals surface area contributed by atoms with Crippen LogP contribution in [0, 0.1) is 5.92 Å². The lowest BCUT2D eigenvalue weighted by molar-refractivity contribution is 0.0223. The average molecular weight is 494 g/mol. The molecule has 0 spiro atoms. The van der Waals surface area contributed by atoms with E-state index >= 15 is 0 Å². The van der Waals surface area contributed by atoms with E-state index in [2.05, 4.69) is 102 Å². The van der Waals surface area contributed by atoms with Crippen molar-refractivity contribution in [2.45, 2.75) is 104 Å². The summed E-state index contributed by atoms with van der Waals surface area (Å²) in [4.78, 5) is 12.3. The summed E-state index contributed by atoms with van der Waals surface area (Å²) in [5.41, 5.74) is 5.20. The summed E-state index contributed by atoms with van der Waals surface area (Å²) in [5, 5.41) is 3.72. The Morgan fingerprint density at radius 1 is 0.861 bits per heavy atom. The first-order chi connectivity index (χ1) is 16.8. The topological polar surface area (TPSA) is 47.6 Å². The fourth-order valence-corrected chi connectivity index (χ4v) is 5.33. The molecule has 0 amide bonds. The maximum Gasteiger partial charge on any atom is 0.508 e. The van der Waals surface area contributed by atoms with Gasteiger partial charge in [-0.2, -0.15) is 0 Å². The normalized spacial score (nSPS) is 18.9. The standard InChI is InChI=1S/C32H47NO3/c1-10-32(25-15-11-23(12-16-25)30(4,5)6,26-17-13-24(14-18-26)31(7,8)9)28-19-27(20-33-28)36-29(34)35-21-22(2)3/h11-18,22,27-28,33H,10,19-21H2,1-9H3. The van der Waals surface area contributed by atoms with Crippen molar-refractivity contribution in [1.29, 1.82) is 0 Å². The molecule has 1 fully saturated rings. The highest BCUT2D eigenvalue weighted by molar-refractivity contribution is 5.60. The molecule has 3 rings (SSSR count). The fourth-order valence-electron chi connectivity index (χ4n) is 5.33. The van der Waals surface area contributed by atoms with Gasteiger partial charge in [0.1, 0.15) is 6.10 Å². The number of hydrogen-bond donors (Lipinski definition) is 1. The van der Waals surface area contributed by atoms with E-state index in [4.69, 9.17) is 9.47 Å². The van der Waals surface area contributed by atoms with Gasteiger partial charge in [0, 0.05) is 24.4 Å². The van der Waals surface area contributed by atoms with Crippen LogP contribution in [-0.2, 0) is 25.7 Å². The number of carbonyl (C=O) groups is 1. The summed E-state index contributed by atoms with van der Waals surface area (Å²) in [7, 11) is 0. The zero-order valence-corrected chi connectivity index (χ0v) is 23.9. The maximum atomic E-state index is 12.3. The largest absolute Gasteiger partial charge is 0.508 e. The number of ether oxygens (including phenoxy) is 2. The van der Waals surface area contributed by atoms with Crippen LogP contribution in [0.5, 0.6) is 0 Å². The molecule has 2 unspecified atom stereocenters. The Kier molecular flexibility index (Phi) is 8.60. The fraction of sp³-hybridized carbons (Fsp3) is 0.594. The third-order valence-electron chi connectivity index (χ3n) is 7.57. The first-order valence-corrected chi connectivity index (χ1v) is 13.6. The number of hydrogen-bond acceptors (Lipinski definition) is 4. The van der Waals surface area contributed by atoms with Crippen molar-refractivity contribution >= 4 is 6.16 Å². The molecule has 1 saturated heterocycles. The zero-order valence-electron chi connectivity index (χ0n) is 23.9. The molecule has 0 radical (unpaired) electrons. The molecule has 2 aromatic carbocycles. The summed E-state index contributed by atoms with van der Waals surface area (Å²) in [5.74, 6) is 0.284. The second-order valence-electron chi connectivity index (χ2n) is 12.9. The summed E-state index contributed by atoms with van der Waals surface area (Å²) >= 11 is 0. The molecule has 1 aliphatic rings. The van der Waals surface area contributed by atoms with E-state index in [0.29, 0.717) is 13.2 Å². The van der Waals surface area contributed by atoms with E-state index in [1.54, 1.807) is 0 Å². The summed E-state index contributed by atoms with van der Waals surface area (Å²) in [6.45, 7) is 20.8. The smallest absolute Gasteiger partial charge is 0.434 e.